The summed E-state index contributed by atoms with van der Waals surface area (Å²) < 4.78 is 5.67. The molecule has 0 saturated heterocycles. The number of aromatic hydroxyl groups is 2. The first-order valence-electron chi connectivity index (χ1n) is 18.4. The largest absolute Gasteiger partial charge is 0.507 e. The van der Waals surface area contributed by atoms with Crippen molar-refractivity contribution in [2.45, 2.75) is 59.9 Å². The minimum atomic E-state index is -1.28. The normalized spacial score (nSPS) is 11.7. The van der Waals surface area contributed by atoms with Crippen molar-refractivity contribution in [2.75, 3.05) is 31.6 Å². The fourth-order valence-corrected chi connectivity index (χ4v) is 6.88. The van der Waals surface area contributed by atoms with Crippen molar-refractivity contribution in [3.63, 3.8) is 0 Å². The van der Waals surface area contributed by atoms with Crippen LogP contribution in [0.3, 0.4) is 0 Å². The van der Waals surface area contributed by atoms with E-state index in [1.165, 1.54) is 36.3 Å². The summed E-state index contributed by atoms with van der Waals surface area (Å²) in [6, 6.07) is 23.3. The van der Waals surface area contributed by atoms with Crippen LogP contribution in [0.1, 0.15) is 77.9 Å². The maximum atomic E-state index is 11.6. The number of ether oxygens (including phenoxy) is 1. The quantitative estimate of drug-likeness (QED) is 0.0733. The number of hydrogen-bond acceptors (Lipinski definition) is 8. The van der Waals surface area contributed by atoms with E-state index in [1.54, 1.807) is 48.5 Å². The van der Waals surface area contributed by atoms with Gasteiger partial charge in [0.15, 0.2) is 0 Å². The Morgan fingerprint density at radius 3 is 1.87 bits per heavy atom. The summed E-state index contributed by atoms with van der Waals surface area (Å²) >= 11 is 0. The standard InChI is InChI=1S/C23H16O6.C21H33N3O/c24-20-16(14-7-3-1-5-12(14)9-18(20)22(26)27)11-17-15-8-4-2-6-13(15)10-19(21(17)25)23(28)29;1-6-24(7-2)13-9-10-17(5)23-21-16(4)15-22-20-12-11-18(25-8-3)14-19(20)21/h1-10,24-25H,11H2,(H,26,27)(H,28,29);11-12,14-15,17H,6-10,13H2,1-5H3,(H,22,23). The van der Waals surface area contributed by atoms with Gasteiger partial charge in [-0.15, -0.1) is 0 Å². The molecule has 1 atom stereocenters. The van der Waals surface area contributed by atoms with E-state index in [4.69, 9.17) is 4.74 Å². The van der Waals surface area contributed by atoms with Crippen LogP contribution in [0, 0.1) is 6.92 Å². The molecule has 10 heteroatoms. The van der Waals surface area contributed by atoms with Gasteiger partial charge >= 0.3 is 11.9 Å². The van der Waals surface area contributed by atoms with Crippen LogP contribution in [0.2, 0.25) is 0 Å². The smallest absolute Gasteiger partial charge is 0.339 e. The molecule has 54 heavy (non-hydrogen) atoms. The van der Waals surface area contributed by atoms with Gasteiger partial charge in [0, 0.05) is 40.9 Å². The van der Waals surface area contributed by atoms with Gasteiger partial charge in [-0.2, -0.15) is 0 Å². The Kier molecular flexibility index (Phi) is 12.9. The van der Waals surface area contributed by atoms with Crippen molar-refractivity contribution in [1.82, 2.24) is 9.88 Å². The maximum Gasteiger partial charge on any atom is 0.339 e. The Labute approximate surface area is 315 Å². The van der Waals surface area contributed by atoms with E-state index >= 15 is 0 Å². The zero-order valence-electron chi connectivity index (χ0n) is 31.5. The number of rotatable bonds is 14. The lowest BCUT2D eigenvalue weighted by molar-refractivity contribution is 0.0682. The molecular weight excluding hydrogens is 682 g/mol. The summed E-state index contributed by atoms with van der Waals surface area (Å²) in [7, 11) is 0. The summed E-state index contributed by atoms with van der Waals surface area (Å²) in [5, 5.41) is 47.7. The Hall–Kier alpha value is -5.87. The second-order valence-corrected chi connectivity index (χ2v) is 13.4. The predicted molar refractivity (Wildman–Crippen MR) is 216 cm³/mol. The fourth-order valence-electron chi connectivity index (χ4n) is 6.88. The van der Waals surface area contributed by atoms with Crippen LogP contribution in [0.25, 0.3) is 32.4 Å². The second-order valence-electron chi connectivity index (χ2n) is 13.4. The monoisotopic (exact) mass is 731 g/mol. The van der Waals surface area contributed by atoms with Gasteiger partial charge in [0.2, 0.25) is 0 Å². The number of aromatic nitrogens is 1. The molecule has 10 nitrogen and oxygen atoms in total. The third-order valence-electron chi connectivity index (χ3n) is 9.80. The molecule has 0 saturated carbocycles. The van der Waals surface area contributed by atoms with Gasteiger partial charge in [-0.05, 0) is 111 Å². The van der Waals surface area contributed by atoms with Crippen molar-refractivity contribution in [3.8, 4) is 17.2 Å². The summed E-state index contributed by atoms with van der Waals surface area (Å²) in [6.45, 7) is 15.0. The van der Waals surface area contributed by atoms with Crippen molar-refractivity contribution in [2.24, 2.45) is 0 Å². The molecule has 6 aromatic rings. The van der Waals surface area contributed by atoms with Gasteiger partial charge in [0.1, 0.15) is 28.4 Å². The molecule has 1 unspecified atom stereocenters. The number of aromatic carboxylic acids is 2. The van der Waals surface area contributed by atoms with Crippen molar-refractivity contribution in [3.05, 3.63) is 113 Å². The molecule has 1 aromatic heterocycles. The third kappa shape index (κ3) is 8.83. The van der Waals surface area contributed by atoms with E-state index in [2.05, 4.69) is 49.0 Å². The number of anilines is 1. The van der Waals surface area contributed by atoms with E-state index in [1.807, 2.05) is 25.3 Å². The summed E-state index contributed by atoms with van der Waals surface area (Å²) in [6.07, 6.45) is 4.28. The molecule has 0 radical (unpaired) electrons. The van der Waals surface area contributed by atoms with Crippen LogP contribution >= 0.6 is 0 Å². The van der Waals surface area contributed by atoms with Crippen LogP contribution in [0.4, 0.5) is 5.69 Å². The van der Waals surface area contributed by atoms with Gasteiger partial charge in [0.05, 0.1) is 12.1 Å². The van der Waals surface area contributed by atoms with Crippen LogP contribution in [0.5, 0.6) is 17.2 Å². The van der Waals surface area contributed by atoms with Gasteiger partial charge in [-0.3, -0.25) is 4.98 Å². The molecule has 0 aliphatic rings. The van der Waals surface area contributed by atoms with Gasteiger partial charge < -0.3 is 35.4 Å². The summed E-state index contributed by atoms with van der Waals surface area (Å²) in [5.74, 6) is -2.45. The molecule has 0 fully saturated rings. The third-order valence-corrected chi connectivity index (χ3v) is 9.80. The summed E-state index contributed by atoms with van der Waals surface area (Å²) in [4.78, 5) is 30.2. The Bertz CT molecular complexity index is 2180. The Morgan fingerprint density at radius 2 is 1.35 bits per heavy atom. The number of benzene rings is 5. The number of nitrogens with one attached hydrogen (secondary N) is 1. The Balaban J connectivity index is 0.000000210. The molecule has 0 aliphatic carbocycles. The highest BCUT2D eigenvalue weighted by Gasteiger charge is 2.22. The van der Waals surface area contributed by atoms with Crippen LogP contribution < -0.4 is 10.1 Å². The molecule has 0 aliphatic heterocycles. The number of hydrogen-bond donors (Lipinski definition) is 5. The average Bonchev–Trinajstić information content (AvgIpc) is 3.16. The zero-order chi connectivity index (χ0) is 38.9. The molecule has 5 aromatic carbocycles. The molecule has 6 rings (SSSR count). The minimum Gasteiger partial charge on any atom is -0.507 e. The molecular formula is C44H49N3O7. The topological polar surface area (TPSA) is 152 Å². The molecule has 282 valence electrons. The second kappa shape index (κ2) is 17.8. The van der Waals surface area contributed by atoms with E-state index in [9.17, 15) is 30.0 Å². The highest BCUT2D eigenvalue weighted by molar-refractivity contribution is 6.02. The SMILES string of the molecule is CCOc1ccc2ncc(C)c(NC(C)CCCN(CC)CC)c2c1.O=C(O)c1cc2ccccc2c(Cc2c(O)c(C(=O)O)cc3ccccc23)c1O. The number of aryl methyl sites for hydroxylation is 1. The first kappa shape index (κ1) is 39.3. The number of carboxylic acids is 2. The van der Waals surface area contributed by atoms with Crippen molar-refractivity contribution < 1.29 is 34.8 Å². The molecule has 0 spiro atoms. The fraction of sp³-hybridized carbons (Fsp3) is 0.295. The zero-order valence-corrected chi connectivity index (χ0v) is 31.5. The number of fused-ring (bicyclic) bond motifs is 3. The van der Waals surface area contributed by atoms with Gasteiger partial charge in [0.25, 0.3) is 0 Å². The predicted octanol–water partition coefficient (Wildman–Crippen LogP) is 9.26. The lowest BCUT2D eigenvalue weighted by atomic mass is 9.90. The van der Waals surface area contributed by atoms with Crippen molar-refractivity contribution in [1.29, 1.82) is 0 Å². The number of carbonyl (C=O) groups is 2. The maximum absolute atomic E-state index is 11.6. The molecule has 5 N–H and O–H groups in total. The minimum absolute atomic E-state index is 0.0407. The highest BCUT2D eigenvalue weighted by atomic mass is 16.5. The first-order valence-corrected chi connectivity index (χ1v) is 18.4. The lowest BCUT2D eigenvalue weighted by Crippen LogP contribution is -2.25. The van der Waals surface area contributed by atoms with Gasteiger partial charge in [-0.1, -0.05) is 62.4 Å². The van der Waals surface area contributed by atoms with Crippen molar-refractivity contribution >= 4 is 50.1 Å². The Morgan fingerprint density at radius 1 is 0.796 bits per heavy atom. The lowest BCUT2D eigenvalue weighted by Gasteiger charge is -2.21. The van der Waals surface area contributed by atoms with E-state index in [0.717, 1.165) is 36.2 Å². The molecule has 0 bridgehead atoms. The number of carboxylic acid groups (broad SMARTS) is 2. The van der Waals surface area contributed by atoms with E-state index in [-0.39, 0.29) is 17.5 Å². The van der Waals surface area contributed by atoms with Crippen LogP contribution in [-0.2, 0) is 6.42 Å². The van der Waals surface area contributed by atoms with Crippen LogP contribution in [-0.4, -0.2) is 74.5 Å². The molecule has 0 amide bonds. The van der Waals surface area contributed by atoms with Crippen LogP contribution in [0.15, 0.2) is 85.1 Å². The average molecular weight is 732 g/mol. The summed E-state index contributed by atoms with van der Waals surface area (Å²) in [5.41, 5.74) is 3.48. The first-order chi connectivity index (χ1) is 26.0. The highest BCUT2D eigenvalue weighted by Crippen LogP contribution is 2.39. The van der Waals surface area contributed by atoms with E-state index < -0.39 is 23.4 Å². The molecule has 1 heterocycles. The number of phenols is 2. The number of pyridine rings is 1. The van der Waals surface area contributed by atoms with Gasteiger partial charge in [-0.25, -0.2) is 9.59 Å². The number of nitrogens with zero attached hydrogens (tertiary/aromatic N) is 2. The van der Waals surface area contributed by atoms with E-state index in [0.29, 0.717) is 45.3 Å².